The monoisotopic (exact) mass is 246 g/mol. The summed E-state index contributed by atoms with van der Waals surface area (Å²) in [6.07, 6.45) is -4.65. The van der Waals surface area contributed by atoms with Crippen LogP contribution >= 0.6 is 11.3 Å². The number of hydrogen-bond acceptors (Lipinski definition) is 3. The third-order valence-corrected chi connectivity index (χ3v) is 2.51. The number of rotatable bonds is 1. The third kappa shape index (κ3) is 2.13. The summed E-state index contributed by atoms with van der Waals surface area (Å²) in [5.74, 6) is -1.28. The maximum Gasteiger partial charge on any atom is 0.449 e. The van der Waals surface area contributed by atoms with E-state index in [1.54, 1.807) is 21.8 Å². The van der Waals surface area contributed by atoms with Crippen molar-refractivity contribution in [2.45, 2.75) is 6.18 Å². The molecule has 0 amide bonds. The second kappa shape index (κ2) is 3.75. The lowest BCUT2D eigenvalue weighted by Gasteiger charge is -2.06. The summed E-state index contributed by atoms with van der Waals surface area (Å²) in [6.45, 7) is 0. The fourth-order valence-electron chi connectivity index (χ4n) is 1.15. The van der Waals surface area contributed by atoms with Crippen molar-refractivity contribution in [2.75, 3.05) is 0 Å². The van der Waals surface area contributed by atoms with Crippen LogP contribution in [0.1, 0.15) is 5.82 Å². The molecule has 0 saturated carbocycles. The predicted octanol–water partition coefficient (Wildman–Crippen LogP) is 2.52. The van der Waals surface area contributed by atoms with Gasteiger partial charge in [-0.05, 0) is 11.4 Å². The Hall–Kier alpha value is -1.63. The van der Waals surface area contributed by atoms with Crippen molar-refractivity contribution in [3.05, 3.63) is 39.1 Å². The van der Waals surface area contributed by atoms with E-state index in [9.17, 15) is 18.0 Å². The molecule has 7 heteroatoms. The molecule has 84 valence electrons. The SMILES string of the molecule is O=c1cc(-c2ccsc2)nc(C(F)(F)F)[nH]1. The molecule has 0 aromatic carbocycles. The second-order valence-electron chi connectivity index (χ2n) is 2.99. The topological polar surface area (TPSA) is 45.8 Å². The molecule has 2 heterocycles. The van der Waals surface area contributed by atoms with Crippen molar-refractivity contribution in [2.24, 2.45) is 0 Å². The van der Waals surface area contributed by atoms with E-state index in [0.717, 1.165) is 6.07 Å². The maximum atomic E-state index is 12.4. The zero-order valence-corrected chi connectivity index (χ0v) is 8.52. The summed E-state index contributed by atoms with van der Waals surface area (Å²) in [6, 6.07) is 2.64. The van der Waals surface area contributed by atoms with Gasteiger partial charge in [-0.2, -0.15) is 24.5 Å². The molecule has 0 aliphatic rings. The van der Waals surface area contributed by atoms with Crippen molar-refractivity contribution >= 4 is 11.3 Å². The summed E-state index contributed by atoms with van der Waals surface area (Å²) in [5, 5.41) is 3.33. The van der Waals surface area contributed by atoms with E-state index in [1.807, 2.05) is 0 Å². The molecule has 2 aromatic heterocycles. The first kappa shape index (κ1) is 10.9. The van der Waals surface area contributed by atoms with Crippen LogP contribution in [0.25, 0.3) is 11.3 Å². The van der Waals surface area contributed by atoms with Crippen LogP contribution < -0.4 is 5.56 Å². The fourth-order valence-corrected chi connectivity index (χ4v) is 1.80. The number of aromatic amines is 1. The Morgan fingerprint density at radius 1 is 1.38 bits per heavy atom. The Bertz CT molecular complexity index is 545. The summed E-state index contributed by atoms with van der Waals surface area (Å²) in [5.41, 5.74) is -0.289. The lowest BCUT2D eigenvalue weighted by atomic mass is 10.2. The number of hydrogen-bond donors (Lipinski definition) is 1. The fraction of sp³-hybridized carbons (Fsp3) is 0.111. The average molecular weight is 246 g/mol. The van der Waals surface area contributed by atoms with E-state index >= 15 is 0 Å². The Kier molecular flexibility index (Phi) is 2.55. The van der Waals surface area contributed by atoms with Crippen LogP contribution in [0.4, 0.5) is 13.2 Å². The molecule has 1 N–H and O–H groups in total. The van der Waals surface area contributed by atoms with Crippen molar-refractivity contribution in [1.29, 1.82) is 0 Å². The van der Waals surface area contributed by atoms with Crippen molar-refractivity contribution in [3.8, 4) is 11.3 Å². The van der Waals surface area contributed by atoms with Crippen LogP contribution in [0.5, 0.6) is 0 Å². The molecule has 0 bridgehead atoms. The number of halogens is 3. The molecule has 0 radical (unpaired) electrons. The second-order valence-corrected chi connectivity index (χ2v) is 3.77. The van der Waals surface area contributed by atoms with Gasteiger partial charge in [-0.15, -0.1) is 0 Å². The maximum absolute atomic E-state index is 12.4. The lowest BCUT2D eigenvalue weighted by molar-refractivity contribution is -0.145. The molecule has 0 aliphatic heterocycles. The van der Waals surface area contributed by atoms with E-state index in [1.165, 1.54) is 11.3 Å². The Morgan fingerprint density at radius 3 is 2.69 bits per heavy atom. The van der Waals surface area contributed by atoms with Gasteiger partial charge in [-0.3, -0.25) is 4.79 Å². The molecular weight excluding hydrogens is 241 g/mol. The Balaban J connectivity index is 2.57. The highest BCUT2D eigenvalue weighted by molar-refractivity contribution is 7.08. The molecular formula is C9H5F3N2OS. The number of aromatic nitrogens is 2. The minimum absolute atomic E-state index is 0.0253. The molecule has 0 spiro atoms. The normalized spacial score (nSPS) is 11.7. The minimum Gasteiger partial charge on any atom is -0.303 e. The van der Waals surface area contributed by atoms with E-state index in [2.05, 4.69) is 4.98 Å². The van der Waals surface area contributed by atoms with Crippen molar-refractivity contribution < 1.29 is 13.2 Å². The quantitative estimate of drug-likeness (QED) is 0.840. The van der Waals surface area contributed by atoms with Crippen LogP contribution in [0.3, 0.4) is 0 Å². The van der Waals surface area contributed by atoms with Gasteiger partial charge >= 0.3 is 6.18 Å². The van der Waals surface area contributed by atoms with Crippen LogP contribution in [0, 0.1) is 0 Å². The Morgan fingerprint density at radius 2 is 2.12 bits per heavy atom. The minimum atomic E-state index is -4.65. The largest absolute Gasteiger partial charge is 0.449 e. The molecule has 3 nitrogen and oxygen atoms in total. The number of thiophene rings is 1. The molecule has 0 atom stereocenters. The third-order valence-electron chi connectivity index (χ3n) is 1.83. The predicted molar refractivity (Wildman–Crippen MR) is 53.2 cm³/mol. The molecule has 0 saturated heterocycles. The van der Waals surface area contributed by atoms with Gasteiger partial charge in [0.05, 0.1) is 5.69 Å². The van der Waals surface area contributed by atoms with Crippen LogP contribution in [0.15, 0.2) is 27.7 Å². The van der Waals surface area contributed by atoms with E-state index < -0.39 is 17.6 Å². The zero-order chi connectivity index (χ0) is 11.8. The summed E-state index contributed by atoms with van der Waals surface area (Å²) in [7, 11) is 0. The van der Waals surface area contributed by atoms with Gasteiger partial charge in [0.15, 0.2) is 0 Å². The van der Waals surface area contributed by atoms with Crippen molar-refractivity contribution in [1.82, 2.24) is 9.97 Å². The van der Waals surface area contributed by atoms with E-state index in [4.69, 9.17) is 0 Å². The first-order valence-electron chi connectivity index (χ1n) is 4.18. The summed E-state index contributed by atoms with van der Waals surface area (Å²) < 4.78 is 37.1. The smallest absolute Gasteiger partial charge is 0.303 e. The molecule has 0 unspecified atom stereocenters. The van der Waals surface area contributed by atoms with Crippen LogP contribution in [-0.2, 0) is 6.18 Å². The highest BCUT2D eigenvalue weighted by Gasteiger charge is 2.34. The highest BCUT2D eigenvalue weighted by atomic mass is 32.1. The number of alkyl halides is 3. The van der Waals surface area contributed by atoms with E-state index in [-0.39, 0.29) is 5.69 Å². The highest BCUT2D eigenvalue weighted by Crippen LogP contribution is 2.27. The van der Waals surface area contributed by atoms with Gasteiger partial charge in [0.25, 0.3) is 5.56 Å². The molecule has 2 aromatic rings. The van der Waals surface area contributed by atoms with Crippen LogP contribution in [-0.4, -0.2) is 9.97 Å². The van der Waals surface area contributed by atoms with Gasteiger partial charge in [0.1, 0.15) is 0 Å². The number of H-pyrrole nitrogens is 1. The average Bonchev–Trinajstić information content (AvgIpc) is 2.68. The standard InChI is InChI=1S/C9H5F3N2OS/c10-9(11,12)8-13-6(3-7(15)14-8)5-1-2-16-4-5/h1-4H,(H,13,14,15). The first-order valence-corrected chi connectivity index (χ1v) is 5.12. The van der Waals surface area contributed by atoms with E-state index in [0.29, 0.717) is 5.56 Å². The molecule has 2 rings (SSSR count). The number of nitrogens with one attached hydrogen (secondary N) is 1. The summed E-state index contributed by atoms with van der Waals surface area (Å²) in [4.78, 5) is 16.1. The van der Waals surface area contributed by atoms with Crippen LogP contribution in [0.2, 0.25) is 0 Å². The summed E-state index contributed by atoms with van der Waals surface area (Å²) >= 11 is 1.32. The first-order chi connectivity index (χ1) is 7.47. The molecule has 0 aliphatic carbocycles. The Labute approximate surface area is 91.6 Å². The van der Waals surface area contributed by atoms with Gasteiger partial charge in [-0.25, -0.2) is 4.98 Å². The van der Waals surface area contributed by atoms with Gasteiger partial charge < -0.3 is 4.98 Å². The molecule has 0 fully saturated rings. The van der Waals surface area contributed by atoms with Gasteiger partial charge in [0, 0.05) is 17.0 Å². The molecule has 16 heavy (non-hydrogen) atoms. The van der Waals surface area contributed by atoms with Crippen molar-refractivity contribution in [3.63, 3.8) is 0 Å². The zero-order valence-electron chi connectivity index (χ0n) is 7.71. The number of nitrogens with zero attached hydrogens (tertiary/aromatic N) is 1. The van der Waals surface area contributed by atoms with Gasteiger partial charge in [0.2, 0.25) is 5.82 Å². The van der Waals surface area contributed by atoms with Gasteiger partial charge in [-0.1, -0.05) is 0 Å². The lowest BCUT2D eigenvalue weighted by Crippen LogP contribution is -2.18.